The first-order chi connectivity index (χ1) is 16.5. The Balaban J connectivity index is 1.76. The predicted molar refractivity (Wildman–Crippen MR) is 145 cm³/mol. The van der Waals surface area contributed by atoms with Gasteiger partial charge in [-0.05, 0) is 59.8 Å². The molecule has 0 aliphatic heterocycles. The molecule has 0 spiro atoms. The summed E-state index contributed by atoms with van der Waals surface area (Å²) in [7, 11) is 0. The highest BCUT2D eigenvalue weighted by molar-refractivity contribution is 9.10. The van der Waals surface area contributed by atoms with Crippen molar-refractivity contribution in [3.05, 3.63) is 83.3 Å². The Kier molecular flexibility index (Phi) is 7.18. The fourth-order valence-electron chi connectivity index (χ4n) is 3.61. The smallest absolute Gasteiger partial charge is 0.273 e. The summed E-state index contributed by atoms with van der Waals surface area (Å²) >= 11 is 11.6. The molecule has 0 aliphatic rings. The van der Waals surface area contributed by atoms with Crippen LogP contribution in [0, 0.1) is 20.8 Å². The Labute approximate surface area is 222 Å². The van der Waals surface area contributed by atoms with Crippen molar-refractivity contribution in [1.29, 1.82) is 0 Å². The number of halogens is 2. The molecule has 182 valence electrons. The van der Waals surface area contributed by atoms with Crippen LogP contribution in [-0.4, -0.2) is 19.5 Å². The second kappa shape index (κ2) is 9.84. The van der Waals surface area contributed by atoms with Crippen LogP contribution in [0.25, 0.3) is 17.1 Å². The highest BCUT2D eigenvalue weighted by Crippen LogP contribution is 2.31. The van der Waals surface area contributed by atoms with Gasteiger partial charge in [0.1, 0.15) is 22.7 Å². The summed E-state index contributed by atoms with van der Waals surface area (Å²) in [5.74, 6) is 1.20. The molecule has 0 radical (unpaired) electrons. The highest BCUT2D eigenvalue weighted by Gasteiger charge is 2.21. The van der Waals surface area contributed by atoms with E-state index in [0.29, 0.717) is 44.6 Å². The lowest BCUT2D eigenvalue weighted by Crippen LogP contribution is -2.22. The van der Waals surface area contributed by atoms with Gasteiger partial charge in [-0.2, -0.15) is 0 Å². The van der Waals surface area contributed by atoms with Crippen LogP contribution in [0.15, 0.2) is 45.2 Å². The predicted octanol–water partition coefficient (Wildman–Crippen LogP) is 6.97. The average Bonchev–Trinajstić information content (AvgIpc) is 3.21. The lowest BCUT2D eigenvalue weighted by molar-refractivity contribution is 0.303. The Morgan fingerprint density at radius 3 is 2.51 bits per heavy atom. The molecule has 0 aromatic carbocycles. The molecule has 0 unspecified atom stereocenters. The number of pyridine rings is 2. The van der Waals surface area contributed by atoms with Crippen molar-refractivity contribution in [2.45, 2.75) is 53.6 Å². The second-order valence-electron chi connectivity index (χ2n) is 9.45. The molecule has 9 heteroatoms. The van der Waals surface area contributed by atoms with Gasteiger partial charge in [0, 0.05) is 40.0 Å². The first kappa shape index (κ1) is 25.5. The standard InChI is InChI=1S/C26H26BrClN4O2S/c1-14-10-30-25(26(4,5)6)31-23(14)19-9-20(18(28)11-29-19)32-15(2)7-21(22(27)24(32)33)34-12-17-8-16(3)35-13-17/h7-11,13H,12H2,1-6H3. The van der Waals surface area contributed by atoms with Crippen molar-refractivity contribution in [1.82, 2.24) is 19.5 Å². The summed E-state index contributed by atoms with van der Waals surface area (Å²) in [5, 5.41) is 2.41. The van der Waals surface area contributed by atoms with Gasteiger partial charge in [-0.25, -0.2) is 9.97 Å². The van der Waals surface area contributed by atoms with E-state index in [9.17, 15) is 4.79 Å². The number of thiophene rings is 1. The Morgan fingerprint density at radius 1 is 1.11 bits per heavy atom. The minimum atomic E-state index is -0.268. The van der Waals surface area contributed by atoms with Crippen molar-refractivity contribution in [3.8, 4) is 22.8 Å². The van der Waals surface area contributed by atoms with E-state index in [2.05, 4.69) is 65.0 Å². The summed E-state index contributed by atoms with van der Waals surface area (Å²) in [6, 6.07) is 5.69. The Bertz CT molecular complexity index is 1470. The fourth-order valence-corrected chi connectivity index (χ4v) is 4.90. The van der Waals surface area contributed by atoms with Crippen LogP contribution in [-0.2, 0) is 12.0 Å². The molecule has 0 saturated carbocycles. The summed E-state index contributed by atoms with van der Waals surface area (Å²) in [6.45, 7) is 12.4. The molecule has 0 amide bonds. The van der Waals surface area contributed by atoms with Gasteiger partial charge in [0.2, 0.25) is 0 Å². The van der Waals surface area contributed by atoms with E-state index in [-0.39, 0.29) is 11.0 Å². The lowest BCUT2D eigenvalue weighted by atomic mass is 9.95. The zero-order valence-electron chi connectivity index (χ0n) is 20.4. The summed E-state index contributed by atoms with van der Waals surface area (Å²) < 4.78 is 7.84. The largest absolute Gasteiger partial charge is 0.487 e. The van der Waals surface area contributed by atoms with Gasteiger partial charge in [-0.3, -0.25) is 14.3 Å². The van der Waals surface area contributed by atoms with E-state index in [1.165, 1.54) is 4.88 Å². The first-order valence-corrected chi connectivity index (χ1v) is 13.1. The SMILES string of the molecule is Cc1cc(COc2cc(C)n(-c3cc(-c4nc(C(C)(C)C)ncc4C)ncc3Cl)c(=O)c2Br)cs1. The number of ether oxygens (including phenoxy) is 1. The topological polar surface area (TPSA) is 69.9 Å². The van der Waals surface area contributed by atoms with Gasteiger partial charge in [-0.1, -0.05) is 32.4 Å². The Morgan fingerprint density at radius 2 is 1.86 bits per heavy atom. The second-order valence-corrected chi connectivity index (χ2v) is 11.8. The van der Waals surface area contributed by atoms with E-state index in [1.807, 2.05) is 19.9 Å². The van der Waals surface area contributed by atoms with Crippen molar-refractivity contribution < 1.29 is 4.74 Å². The highest BCUT2D eigenvalue weighted by atomic mass is 79.9. The molecule has 6 nitrogen and oxygen atoms in total. The zero-order chi connectivity index (χ0) is 25.5. The first-order valence-electron chi connectivity index (χ1n) is 11.0. The minimum Gasteiger partial charge on any atom is -0.487 e. The van der Waals surface area contributed by atoms with E-state index in [1.54, 1.807) is 34.4 Å². The van der Waals surface area contributed by atoms with Crippen molar-refractivity contribution >= 4 is 38.9 Å². The summed E-state index contributed by atoms with van der Waals surface area (Å²) in [6.07, 6.45) is 3.35. The maximum absolute atomic E-state index is 13.4. The van der Waals surface area contributed by atoms with Crippen molar-refractivity contribution in [3.63, 3.8) is 0 Å². The van der Waals surface area contributed by atoms with Crippen molar-refractivity contribution in [2.75, 3.05) is 0 Å². The van der Waals surface area contributed by atoms with Crippen LogP contribution in [0.2, 0.25) is 5.02 Å². The van der Waals surface area contributed by atoms with E-state index < -0.39 is 0 Å². The van der Waals surface area contributed by atoms with E-state index in [0.717, 1.165) is 17.0 Å². The lowest BCUT2D eigenvalue weighted by Gasteiger charge is -2.19. The van der Waals surface area contributed by atoms with Crippen LogP contribution in [0.5, 0.6) is 5.75 Å². The number of hydrogen-bond acceptors (Lipinski definition) is 6. The molecule has 4 rings (SSSR count). The van der Waals surface area contributed by atoms with E-state index >= 15 is 0 Å². The molecule has 4 heterocycles. The number of rotatable bonds is 5. The zero-order valence-corrected chi connectivity index (χ0v) is 23.6. The monoisotopic (exact) mass is 572 g/mol. The van der Waals surface area contributed by atoms with E-state index in [4.69, 9.17) is 21.3 Å². The number of hydrogen-bond donors (Lipinski definition) is 0. The molecule has 4 aromatic rings. The normalized spacial score (nSPS) is 11.7. The molecule has 0 N–H and O–H groups in total. The van der Waals surface area contributed by atoms with Crippen LogP contribution in [0.3, 0.4) is 0 Å². The van der Waals surface area contributed by atoms with Gasteiger partial charge in [0.15, 0.2) is 0 Å². The van der Waals surface area contributed by atoms with Crippen LogP contribution in [0.4, 0.5) is 0 Å². The number of nitrogens with zero attached hydrogens (tertiary/aromatic N) is 4. The molecule has 0 saturated heterocycles. The third-order valence-electron chi connectivity index (χ3n) is 5.44. The molecule has 0 bridgehead atoms. The van der Waals surface area contributed by atoms with Gasteiger partial charge in [0.25, 0.3) is 5.56 Å². The van der Waals surface area contributed by atoms with Gasteiger partial charge >= 0.3 is 0 Å². The van der Waals surface area contributed by atoms with Crippen LogP contribution < -0.4 is 10.3 Å². The quantitative estimate of drug-likeness (QED) is 0.258. The minimum absolute atomic E-state index is 0.215. The van der Waals surface area contributed by atoms with Gasteiger partial charge in [-0.15, -0.1) is 11.3 Å². The van der Waals surface area contributed by atoms with Crippen LogP contribution in [0.1, 0.15) is 48.3 Å². The molecule has 0 aliphatic carbocycles. The molecular formula is C26H26BrClN4O2S. The molecular weight excluding hydrogens is 548 g/mol. The molecule has 0 fully saturated rings. The van der Waals surface area contributed by atoms with Crippen LogP contribution >= 0.6 is 38.9 Å². The fraction of sp³-hybridized carbons (Fsp3) is 0.308. The third kappa shape index (κ3) is 5.34. The number of aromatic nitrogens is 4. The van der Waals surface area contributed by atoms with Gasteiger partial charge < -0.3 is 4.74 Å². The molecule has 4 aromatic heterocycles. The molecule has 35 heavy (non-hydrogen) atoms. The summed E-state index contributed by atoms with van der Waals surface area (Å²) in [4.78, 5) is 28.4. The maximum atomic E-state index is 13.4. The Hall–Kier alpha value is -2.55. The summed E-state index contributed by atoms with van der Waals surface area (Å²) in [5.41, 5.74) is 4.00. The van der Waals surface area contributed by atoms with Gasteiger partial charge in [0.05, 0.1) is 22.1 Å². The number of aryl methyl sites for hydroxylation is 3. The average molecular weight is 574 g/mol. The molecule has 0 atom stereocenters. The van der Waals surface area contributed by atoms with Crippen molar-refractivity contribution in [2.24, 2.45) is 0 Å². The maximum Gasteiger partial charge on any atom is 0.273 e. The third-order valence-corrected chi connectivity index (χ3v) is 7.37.